The number of carbonyl (C=O) groups is 1. The number of nitrogens with zero attached hydrogens (tertiary/aromatic N) is 3. The van der Waals surface area contributed by atoms with E-state index in [4.69, 9.17) is 5.73 Å². The van der Waals surface area contributed by atoms with Crippen molar-refractivity contribution < 1.29 is 4.79 Å². The largest absolute Gasteiger partial charge is 0.381 e. The van der Waals surface area contributed by atoms with E-state index in [-0.39, 0.29) is 18.4 Å². The van der Waals surface area contributed by atoms with Gasteiger partial charge in [0, 0.05) is 18.8 Å². The molecule has 8 heteroatoms. The summed E-state index contributed by atoms with van der Waals surface area (Å²) < 4.78 is 1.93. The van der Waals surface area contributed by atoms with Gasteiger partial charge in [-0.1, -0.05) is 0 Å². The minimum absolute atomic E-state index is 0.0119. The van der Waals surface area contributed by atoms with Gasteiger partial charge >= 0.3 is 0 Å². The molecule has 3 aromatic heterocycles. The van der Waals surface area contributed by atoms with Gasteiger partial charge in [-0.15, -0.1) is 11.3 Å². The van der Waals surface area contributed by atoms with Crippen LogP contribution >= 0.6 is 11.3 Å². The second-order valence-corrected chi connectivity index (χ2v) is 7.64. The molecule has 4 rings (SSSR count). The summed E-state index contributed by atoms with van der Waals surface area (Å²) in [5, 5.41) is 8.48. The molecular formula is C18H22N6OS. The van der Waals surface area contributed by atoms with Crippen LogP contribution in [0.1, 0.15) is 24.1 Å². The molecule has 1 fully saturated rings. The van der Waals surface area contributed by atoms with Gasteiger partial charge in [-0.05, 0) is 43.3 Å². The average Bonchev–Trinajstić information content (AvgIpc) is 3.23. The van der Waals surface area contributed by atoms with Crippen LogP contribution in [0.2, 0.25) is 0 Å². The molecule has 26 heavy (non-hydrogen) atoms. The van der Waals surface area contributed by atoms with Crippen molar-refractivity contribution in [1.82, 2.24) is 25.0 Å². The minimum atomic E-state index is -0.0119. The van der Waals surface area contributed by atoms with E-state index in [1.165, 1.54) is 5.56 Å². The van der Waals surface area contributed by atoms with Gasteiger partial charge in [0.05, 0.1) is 28.9 Å². The Balaban J connectivity index is 1.58. The Morgan fingerprint density at radius 3 is 3.15 bits per heavy atom. The normalized spacial score (nSPS) is 17.5. The first-order valence-electron chi connectivity index (χ1n) is 8.78. The number of hydrogen-bond donors (Lipinski definition) is 3. The molecule has 0 spiro atoms. The molecule has 1 atom stereocenters. The second kappa shape index (κ2) is 7.05. The van der Waals surface area contributed by atoms with Crippen molar-refractivity contribution in [1.29, 1.82) is 0 Å². The first-order valence-corrected chi connectivity index (χ1v) is 9.66. The molecule has 1 saturated heterocycles. The lowest BCUT2D eigenvalue weighted by Crippen LogP contribution is -2.46. The fourth-order valence-corrected chi connectivity index (χ4v) is 4.20. The third kappa shape index (κ3) is 3.42. The number of hydrogen-bond acceptors (Lipinski definition) is 6. The van der Waals surface area contributed by atoms with Gasteiger partial charge in [0.25, 0.3) is 0 Å². The Hall–Kier alpha value is -2.45. The molecule has 4 heterocycles. The maximum absolute atomic E-state index is 12.4. The monoisotopic (exact) mass is 370 g/mol. The SMILES string of the molecule is Cc1csc(-c2cnc(N)c3nc(CC(=O)N[C@H]4CCCNC4)cn23)c1. The third-order valence-corrected chi connectivity index (χ3v) is 5.63. The third-order valence-electron chi connectivity index (χ3n) is 4.56. The second-order valence-electron chi connectivity index (χ2n) is 6.73. The number of piperidine rings is 1. The molecule has 1 amide bonds. The highest BCUT2D eigenvalue weighted by Crippen LogP contribution is 2.28. The van der Waals surface area contributed by atoms with Crippen molar-refractivity contribution >= 4 is 28.7 Å². The van der Waals surface area contributed by atoms with Crippen molar-refractivity contribution in [3.63, 3.8) is 0 Å². The van der Waals surface area contributed by atoms with Crippen LogP contribution in [-0.4, -0.2) is 39.4 Å². The lowest BCUT2D eigenvalue weighted by atomic mass is 10.1. The van der Waals surface area contributed by atoms with Gasteiger partial charge in [0.15, 0.2) is 11.5 Å². The zero-order chi connectivity index (χ0) is 18.1. The number of rotatable bonds is 4. The van der Waals surface area contributed by atoms with E-state index in [1.54, 1.807) is 17.5 Å². The van der Waals surface area contributed by atoms with E-state index < -0.39 is 0 Å². The molecular weight excluding hydrogens is 348 g/mol. The highest BCUT2D eigenvalue weighted by molar-refractivity contribution is 7.13. The first-order chi connectivity index (χ1) is 12.6. The van der Waals surface area contributed by atoms with Gasteiger partial charge in [-0.3, -0.25) is 9.20 Å². The van der Waals surface area contributed by atoms with Crippen LogP contribution in [0.4, 0.5) is 5.82 Å². The highest BCUT2D eigenvalue weighted by Gasteiger charge is 2.18. The average molecular weight is 370 g/mol. The zero-order valence-electron chi connectivity index (χ0n) is 14.7. The summed E-state index contributed by atoms with van der Waals surface area (Å²) in [6.45, 7) is 3.91. The summed E-state index contributed by atoms with van der Waals surface area (Å²) in [4.78, 5) is 22.3. The summed E-state index contributed by atoms with van der Waals surface area (Å²) in [6, 6.07) is 2.31. The first kappa shape index (κ1) is 17.0. The molecule has 3 aromatic rings. The van der Waals surface area contributed by atoms with Crippen LogP contribution in [0, 0.1) is 6.92 Å². The van der Waals surface area contributed by atoms with E-state index in [1.807, 2.05) is 10.6 Å². The fourth-order valence-electron chi connectivity index (χ4n) is 3.30. The maximum atomic E-state index is 12.4. The summed E-state index contributed by atoms with van der Waals surface area (Å²) in [5.41, 5.74) is 9.43. The Kier molecular flexibility index (Phi) is 4.60. The van der Waals surface area contributed by atoms with Gasteiger partial charge in [-0.25, -0.2) is 9.97 Å². The van der Waals surface area contributed by atoms with Crippen LogP contribution in [-0.2, 0) is 11.2 Å². The quantitative estimate of drug-likeness (QED) is 0.650. The number of nitrogens with two attached hydrogens (primary N) is 1. The van der Waals surface area contributed by atoms with E-state index in [2.05, 4.69) is 39.0 Å². The molecule has 0 aromatic carbocycles. The van der Waals surface area contributed by atoms with E-state index in [0.717, 1.165) is 36.5 Å². The smallest absolute Gasteiger partial charge is 0.226 e. The number of aromatic nitrogens is 3. The Morgan fingerprint density at radius 1 is 1.54 bits per heavy atom. The molecule has 0 saturated carbocycles. The van der Waals surface area contributed by atoms with Gasteiger partial charge in [-0.2, -0.15) is 0 Å². The predicted octanol–water partition coefficient (Wildman–Crippen LogP) is 1.76. The minimum Gasteiger partial charge on any atom is -0.381 e. The summed E-state index contributed by atoms with van der Waals surface area (Å²) in [7, 11) is 0. The van der Waals surface area contributed by atoms with Crippen LogP contribution in [0.5, 0.6) is 0 Å². The van der Waals surface area contributed by atoms with Crippen molar-refractivity contribution in [2.75, 3.05) is 18.8 Å². The van der Waals surface area contributed by atoms with Crippen molar-refractivity contribution in [2.24, 2.45) is 0 Å². The Labute approximate surface area is 155 Å². The van der Waals surface area contributed by atoms with Crippen molar-refractivity contribution in [3.05, 3.63) is 35.1 Å². The molecule has 0 radical (unpaired) electrons. The van der Waals surface area contributed by atoms with Crippen LogP contribution in [0.25, 0.3) is 16.2 Å². The lowest BCUT2D eigenvalue weighted by Gasteiger charge is -2.23. The standard InChI is InChI=1S/C18H22N6OS/c1-11-5-15(26-10-11)14-8-21-17(19)18-23-13(9-24(14)18)6-16(25)22-12-3-2-4-20-7-12/h5,8-10,12,20H,2-4,6-7H2,1H3,(H2,19,21)(H,22,25)/t12-/m0/s1. The Morgan fingerprint density at radius 2 is 2.42 bits per heavy atom. The molecule has 1 aliphatic rings. The zero-order valence-corrected chi connectivity index (χ0v) is 15.5. The van der Waals surface area contributed by atoms with E-state index >= 15 is 0 Å². The fraction of sp³-hybridized carbons (Fsp3) is 0.389. The van der Waals surface area contributed by atoms with Crippen LogP contribution < -0.4 is 16.4 Å². The number of fused-ring (bicyclic) bond motifs is 1. The molecule has 4 N–H and O–H groups in total. The molecule has 1 aliphatic heterocycles. The van der Waals surface area contributed by atoms with Crippen LogP contribution in [0.15, 0.2) is 23.8 Å². The number of aryl methyl sites for hydroxylation is 1. The lowest BCUT2D eigenvalue weighted by molar-refractivity contribution is -0.121. The number of nitrogen functional groups attached to an aromatic ring is 1. The van der Waals surface area contributed by atoms with Crippen molar-refractivity contribution in [3.8, 4) is 10.6 Å². The summed E-state index contributed by atoms with van der Waals surface area (Å²) >= 11 is 1.65. The topological polar surface area (TPSA) is 97.3 Å². The number of imidazole rings is 1. The van der Waals surface area contributed by atoms with Gasteiger partial charge in [0.2, 0.25) is 5.91 Å². The number of amides is 1. The molecule has 7 nitrogen and oxygen atoms in total. The van der Waals surface area contributed by atoms with E-state index in [0.29, 0.717) is 17.2 Å². The Bertz CT molecular complexity index is 940. The highest BCUT2D eigenvalue weighted by atomic mass is 32.1. The molecule has 0 aliphatic carbocycles. The number of carbonyl (C=O) groups excluding carboxylic acids is 1. The maximum Gasteiger partial charge on any atom is 0.226 e. The summed E-state index contributed by atoms with van der Waals surface area (Å²) in [5.74, 6) is 0.354. The molecule has 136 valence electrons. The number of nitrogens with one attached hydrogen (secondary N) is 2. The molecule has 0 bridgehead atoms. The number of anilines is 1. The molecule has 0 unspecified atom stereocenters. The van der Waals surface area contributed by atoms with Crippen molar-refractivity contribution in [2.45, 2.75) is 32.2 Å². The van der Waals surface area contributed by atoms with E-state index in [9.17, 15) is 4.79 Å². The van der Waals surface area contributed by atoms with Gasteiger partial charge < -0.3 is 16.4 Å². The number of thiophene rings is 1. The van der Waals surface area contributed by atoms with Crippen LogP contribution in [0.3, 0.4) is 0 Å². The van der Waals surface area contributed by atoms with Gasteiger partial charge in [0.1, 0.15) is 0 Å². The predicted molar refractivity (Wildman–Crippen MR) is 103 cm³/mol. The summed E-state index contributed by atoms with van der Waals surface area (Å²) in [6.07, 6.45) is 5.98.